The van der Waals surface area contributed by atoms with Gasteiger partial charge in [0.15, 0.2) is 5.54 Å². The van der Waals surface area contributed by atoms with Crippen LogP contribution in [0.25, 0.3) is 10.2 Å². The van der Waals surface area contributed by atoms with Crippen LogP contribution < -0.4 is 5.32 Å². The first-order valence-corrected chi connectivity index (χ1v) is 14.3. The highest BCUT2D eigenvalue weighted by Crippen LogP contribution is 2.42. The molecule has 190 valence electrons. The Morgan fingerprint density at radius 1 is 1.00 bits per heavy atom. The van der Waals surface area contributed by atoms with Crippen molar-refractivity contribution in [2.45, 2.75) is 70.1 Å². The smallest absolute Gasteiger partial charge is 0.272 e. The Balaban J connectivity index is 1.53. The van der Waals surface area contributed by atoms with Crippen molar-refractivity contribution >= 4 is 33.4 Å². The van der Waals surface area contributed by atoms with Crippen LogP contribution in [-0.4, -0.2) is 27.3 Å². The fourth-order valence-corrected chi connectivity index (χ4v) is 7.09. The Morgan fingerprint density at radius 2 is 1.70 bits per heavy atom. The second-order valence-corrected chi connectivity index (χ2v) is 11.5. The zero-order valence-electron chi connectivity index (χ0n) is 21.3. The van der Waals surface area contributed by atoms with Crippen LogP contribution in [0.3, 0.4) is 0 Å². The molecule has 5 nitrogen and oxygen atoms in total. The van der Waals surface area contributed by atoms with Gasteiger partial charge in [0, 0.05) is 17.5 Å². The van der Waals surface area contributed by atoms with Gasteiger partial charge in [-0.3, -0.25) is 9.59 Å². The summed E-state index contributed by atoms with van der Waals surface area (Å²) >= 11 is 1.74. The molecule has 2 aliphatic rings. The first-order valence-electron chi connectivity index (χ1n) is 13.4. The maximum absolute atomic E-state index is 14.5. The van der Waals surface area contributed by atoms with E-state index in [2.05, 4.69) is 22.9 Å². The highest BCUT2D eigenvalue weighted by atomic mass is 32.1. The van der Waals surface area contributed by atoms with Crippen LogP contribution in [-0.2, 0) is 29.8 Å². The Morgan fingerprint density at radius 3 is 2.41 bits per heavy atom. The lowest BCUT2D eigenvalue weighted by atomic mass is 9.83. The summed E-state index contributed by atoms with van der Waals surface area (Å²) in [6, 6.07) is 24.3. The first kappa shape index (κ1) is 24.0. The largest absolute Gasteiger partial charge is 0.351 e. The Kier molecular flexibility index (Phi) is 6.37. The SMILES string of the molecule is CCc1cc2c(cc3n2C[C@](C(=O)NC2CCCCC2)(c2ccccc2)N(Cc2ccccc2)C3=O)s1. The van der Waals surface area contributed by atoms with Gasteiger partial charge in [0.25, 0.3) is 11.8 Å². The topological polar surface area (TPSA) is 54.3 Å². The number of nitrogens with zero attached hydrogens (tertiary/aromatic N) is 2. The van der Waals surface area contributed by atoms with Gasteiger partial charge < -0.3 is 14.8 Å². The summed E-state index contributed by atoms with van der Waals surface area (Å²) in [4.78, 5) is 32.0. The van der Waals surface area contributed by atoms with Gasteiger partial charge in [0.1, 0.15) is 5.69 Å². The Labute approximate surface area is 222 Å². The molecule has 2 aromatic heterocycles. The maximum Gasteiger partial charge on any atom is 0.272 e. The number of hydrogen-bond acceptors (Lipinski definition) is 3. The molecule has 0 unspecified atom stereocenters. The fourth-order valence-electron chi connectivity index (χ4n) is 6.05. The molecule has 1 atom stereocenters. The van der Waals surface area contributed by atoms with E-state index in [0.29, 0.717) is 18.8 Å². The molecule has 3 heterocycles. The zero-order valence-corrected chi connectivity index (χ0v) is 22.1. The van der Waals surface area contributed by atoms with Crippen molar-refractivity contribution in [3.05, 3.63) is 94.5 Å². The molecule has 1 N–H and O–H groups in total. The number of amides is 2. The van der Waals surface area contributed by atoms with Crippen molar-refractivity contribution < 1.29 is 9.59 Å². The molecule has 1 aliphatic carbocycles. The van der Waals surface area contributed by atoms with Crippen molar-refractivity contribution in [2.24, 2.45) is 0 Å². The monoisotopic (exact) mass is 511 g/mol. The minimum absolute atomic E-state index is 0.0756. The third-order valence-electron chi connectivity index (χ3n) is 8.05. The standard InChI is InChI=1S/C31H33N3O2S/c1-2-25-18-26-28(37-25)19-27-29(35)34(20-22-12-6-3-7-13-22)31(21-33(26)27,23-14-8-4-9-15-23)30(36)32-24-16-10-5-11-17-24/h3-4,6-9,12-15,18-19,24H,2,5,10-11,16-17,20-21H2,1H3,(H,32,36)/t31-/m1/s1. The average Bonchev–Trinajstić information content (AvgIpc) is 3.50. The molecule has 1 fully saturated rings. The summed E-state index contributed by atoms with van der Waals surface area (Å²) in [5.74, 6) is -0.174. The normalized spacial score (nSPS) is 20.2. The summed E-state index contributed by atoms with van der Waals surface area (Å²) in [6.07, 6.45) is 6.42. The summed E-state index contributed by atoms with van der Waals surface area (Å²) in [7, 11) is 0. The van der Waals surface area contributed by atoms with Crippen LogP contribution in [0.5, 0.6) is 0 Å². The third kappa shape index (κ3) is 4.17. The van der Waals surface area contributed by atoms with Crippen molar-refractivity contribution in [1.29, 1.82) is 0 Å². The molecule has 0 spiro atoms. The third-order valence-corrected chi connectivity index (χ3v) is 9.27. The summed E-state index contributed by atoms with van der Waals surface area (Å²) in [5.41, 5.74) is 2.42. The van der Waals surface area contributed by atoms with Crippen LogP contribution in [0.1, 0.15) is 65.5 Å². The van der Waals surface area contributed by atoms with Gasteiger partial charge in [-0.05, 0) is 42.5 Å². The van der Waals surface area contributed by atoms with Crippen LogP contribution in [0, 0.1) is 0 Å². The lowest BCUT2D eigenvalue weighted by Gasteiger charge is -2.47. The Bertz CT molecular complexity index is 1420. The predicted octanol–water partition coefficient (Wildman–Crippen LogP) is 6.27. The van der Waals surface area contributed by atoms with E-state index in [1.807, 2.05) is 71.6 Å². The lowest BCUT2D eigenvalue weighted by molar-refractivity contribution is -0.136. The highest BCUT2D eigenvalue weighted by molar-refractivity contribution is 7.19. The van der Waals surface area contributed by atoms with Gasteiger partial charge >= 0.3 is 0 Å². The molecule has 1 saturated carbocycles. The first-order chi connectivity index (χ1) is 18.1. The molecular weight excluding hydrogens is 478 g/mol. The fraction of sp³-hybridized carbons (Fsp3) is 0.355. The van der Waals surface area contributed by atoms with E-state index in [4.69, 9.17) is 0 Å². The van der Waals surface area contributed by atoms with Crippen molar-refractivity contribution in [3.63, 3.8) is 0 Å². The molecule has 6 heteroatoms. The molecule has 0 saturated heterocycles. The predicted molar refractivity (Wildman–Crippen MR) is 149 cm³/mol. The lowest BCUT2D eigenvalue weighted by Crippen LogP contribution is -2.64. The van der Waals surface area contributed by atoms with Crippen LogP contribution in [0.4, 0.5) is 0 Å². The van der Waals surface area contributed by atoms with Crippen molar-refractivity contribution in [2.75, 3.05) is 0 Å². The number of aryl methyl sites for hydroxylation is 1. The molecule has 0 bridgehead atoms. The van der Waals surface area contributed by atoms with Gasteiger partial charge in [0.2, 0.25) is 0 Å². The van der Waals surface area contributed by atoms with Gasteiger partial charge in [-0.25, -0.2) is 0 Å². The molecule has 4 aromatic rings. The molecule has 0 radical (unpaired) electrons. The summed E-state index contributed by atoms with van der Waals surface area (Å²) < 4.78 is 3.21. The summed E-state index contributed by atoms with van der Waals surface area (Å²) in [6.45, 7) is 2.92. The van der Waals surface area contributed by atoms with Gasteiger partial charge in [-0.2, -0.15) is 0 Å². The molecule has 1 aliphatic heterocycles. The minimum Gasteiger partial charge on any atom is -0.351 e. The average molecular weight is 512 g/mol. The molecule has 6 rings (SSSR count). The Hall–Kier alpha value is -3.38. The molecule has 2 aromatic carbocycles. The maximum atomic E-state index is 14.5. The number of fused-ring (bicyclic) bond motifs is 3. The van der Waals surface area contributed by atoms with E-state index in [1.165, 1.54) is 11.3 Å². The number of carbonyl (C=O) groups excluding carboxylic acids is 2. The zero-order chi connectivity index (χ0) is 25.4. The number of thiophene rings is 1. The number of nitrogens with one attached hydrogen (secondary N) is 1. The van der Waals surface area contributed by atoms with E-state index in [-0.39, 0.29) is 17.9 Å². The van der Waals surface area contributed by atoms with Gasteiger partial charge in [0.05, 0.1) is 16.8 Å². The number of aromatic nitrogens is 1. The van der Waals surface area contributed by atoms with E-state index < -0.39 is 5.54 Å². The second kappa shape index (κ2) is 9.82. The van der Waals surface area contributed by atoms with Crippen molar-refractivity contribution in [1.82, 2.24) is 14.8 Å². The molecular formula is C31H33N3O2S. The van der Waals surface area contributed by atoms with E-state index in [0.717, 1.165) is 53.4 Å². The van der Waals surface area contributed by atoms with E-state index in [9.17, 15) is 9.59 Å². The number of hydrogen-bond donors (Lipinski definition) is 1. The summed E-state index contributed by atoms with van der Waals surface area (Å²) in [5, 5.41) is 3.41. The van der Waals surface area contributed by atoms with Gasteiger partial charge in [-0.15, -0.1) is 11.3 Å². The molecule has 2 amide bonds. The second-order valence-electron chi connectivity index (χ2n) is 10.3. The van der Waals surface area contributed by atoms with Crippen LogP contribution >= 0.6 is 11.3 Å². The van der Waals surface area contributed by atoms with E-state index in [1.54, 1.807) is 11.3 Å². The highest BCUT2D eigenvalue weighted by Gasteiger charge is 2.53. The minimum atomic E-state index is -1.15. The van der Waals surface area contributed by atoms with Crippen molar-refractivity contribution in [3.8, 4) is 0 Å². The number of rotatable bonds is 6. The van der Waals surface area contributed by atoms with Crippen LogP contribution in [0.15, 0.2) is 72.8 Å². The quantitative estimate of drug-likeness (QED) is 0.332. The number of benzene rings is 2. The number of carbonyl (C=O) groups is 2. The molecule has 37 heavy (non-hydrogen) atoms. The van der Waals surface area contributed by atoms with Crippen LogP contribution in [0.2, 0.25) is 0 Å². The van der Waals surface area contributed by atoms with Gasteiger partial charge in [-0.1, -0.05) is 86.8 Å². The van der Waals surface area contributed by atoms with E-state index >= 15 is 0 Å².